The minimum Gasteiger partial charge on any atom is -0.507 e. The molecule has 0 saturated carbocycles. The topological polar surface area (TPSA) is 50.4 Å². The van der Waals surface area contributed by atoms with Gasteiger partial charge >= 0.3 is 5.63 Å². The predicted octanol–water partition coefficient (Wildman–Crippen LogP) is 5.68. The van der Waals surface area contributed by atoms with Crippen molar-refractivity contribution < 1.29 is 9.52 Å². The second kappa shape index (κ2) is 9.07. The Balaban J connectivity index is 2.04. The van der Waals surface area contributed by atoms with Crippen molar-refractivity contribution in [3.63, 3.8) is 0 Å². The van der Waals surface area contributed by atoms with E-state index in [4.69, 9.17) is 4.42 Å². The zero-order chi connectivity index (χ0) is 18.2. The van der Waals surface area contributed by atoms with E-state index in [2.05, 4.69) is 19.6 Å². The highest BCUT2D eigenvalue weighted by atomic mass is 16.4. The van der Waals surface area contributed by atoms with E-state index in [0.717, 1.165) is 25.7 Å². The number of hydrogen-bond donors (Lipinski definition) is 1. The van der Waals surface area contributed by atoms with Gasteiger partial charge in [0.15, 0.2) is 0 Å². The van der Waals surface area contributed by atoms with Gasteiger partial charge in [-0.2, -0.15) is 0 Å². The molecule has 3 heteroatoms. The molecule has 132 valence electrons. The molecular formula is C22H26O3. The second-order valence-electron chi connectivity index (χ2n) is 6.38. The van der Waals surface area contributed by atoms with E-state index in [1.807, 2.05) is 25.1 Å². The third kappa shape index (κ3) is 5.21. The smallest absolute Gasteiger partial charge is 0.343 e. The molecule has 0 radical (unpaired) electrons. The van der Waals surface area contributed by atoms with E-state index >= 15 is 0 Å². The van der Waals surface area contributed by atoms with Crippen LogP contribution < -0.4 is 5.63 Å². The largest absolute Gasteiger partial charge is 0.507 e. The molecule has 2 aromatic rings. The van der Waals surface area contributed by atoms with Crippen molar-refractivity contribution in [3.05, 3.63) is 76.2 Å². The van der Waals surface area contributed by atoms with Crippen LogP contribution in [-0.4, -0.2) is 5.11 Å². The quantitative estimate of drug-likeness (QED) is 0.497. The zero-order valence-electron chi connectivity index (χ0n) is 15.0. The van der Waals surface area contributed by atoms with Crippen LogP contribution in [0.15, 0.2) is 69.4 Å². The van der Waals surface area contributed by atoms with Gasteiger partial charge in [-0.25, -0.2) is 4.79 Å². The fourth-order valence-electron chi connectivity index (χ4n) is 2.71. The van der Waals surface area contributed by atoms with Gasteiger partial charge in [0.25, 0.3) is 0 Å². The molecule has 25 heavy (non-hydrogen) atoms. The molecule has 0 aliphatic rings. The van der Waals surface area contributed by atoms with Crippen molar-refractivity contribution >= 4 is 11.0 Å². The highest BCUT2D eigenvalue weighted by Gasteiger charge is 2.12. The summed E-state index contributed by atoms with van der Waals surface area (Å²) in [5.74, 6) is 0.0241. The van der Waals surface area contributed by atoms with Crippen LogP contribution in [-0.2, 0) is 6.42 Å². The van der Waals surface area contributed by atoms with Gasteiger partial charge < -0.3 is 9.52 Å². The summed E-state index contributed by atoms with van der Waals surface area (Å²) in [6.07, 6.45) is 10.5. The van der Waals surface area contributed by atoms with Gasteiger partial charge in [0.05, 0.1) is 10.9 Å². The molecule has 0 aliphatic carbocycles. The molecule has 1 aromatic carbocycles. The van der Waals surface area contributed by atoms with Gasteiger partial charge in [0.1, 0.15) is 11.3 Å². The van der Waals surface area contributed by atoms with Gasteiger partial charge in [-0.05, 0) is 51.7 Å². The minimum atomic E-state index is -0.472. The van der Waals surface area contributed by atoms with E-state index in [1.165, 1.54) is 11.1 Å². The number of para-hydroxylation sites is 1. The maximum atomic E-state index is 12.1. The Hall–Kier alpha value is -2.55. The minimum absolute atomic E-state index is 0.0241. The normalized spacial score (nSPS) is 12.6. The maximum absolute atomic E-state index is 12.1. The summed E-state index contributed by atoms with van der Waals surface area (Å²) in [7, 11) is 0. The van der Waals surface area contributed by atoms with E-state index in [0.29, 0.717) is 23.0 Å². The number of aromatic hydroxyl groups is 1. The summed E-state index contributed by atoms with van der Waals surface area (Å²) < 4.78 is 5.29. The first-order valence-corrected chi connectivity index (χ1v) is 8.68. The van der Waals surface area contributed by atoms with Gasteiger partial charge in [0.2, 0.25) is 0 Å². The van der Waals surface area contributed by atoms with E-state index in [-0.39, 0.29) is 5.75 Å². The molecule has 1 N–H and O–H groups in total. The third-order valence-corrected chi connectivity index (χ3v) is 4.31. The first-order valence-electron chi connectivity index (χ1n) is 8.68. The van der Waals surface area contributed by atoms with E-state index < -0.39 is 5.63 Å². The van der Waals surface area contributed by atoms with Crippen LogP contribution in [0.3, 0.4) is 0 Å². The molecule has 1 heterocycles. The maximum Gasteiger partial charge on any atom is 0.343 e. The number of allylic oxidation sites excluding steroid dienone is 5. The second-order valence-corrected chi connectivity index (χ2v) is 6.38. The van der Waals surface area contributed by atoms with Crippen molar-refractivity contribution in [2.24, 2.45) is 0 Å². The van der Waals surface area contributed by atoms with Crippen LogP contribution in [0.25, 0.3) is 11.0 Å². The average Bonchev–Trinajstić information content (AvgIpc) is 2.59. The average molecular weight is 338 g/mol. The molecule has 0 saturated heterocycles. The van der Waals surface area contributed by atoms with Crippen LogP contribution >= 0.6 is 0 Å². The lowest BCUT2D eigenvalue weighted by Crippen LogP contribution is -2.07. The molecule has 0 amide bonds. The summed E-state index contributed by atoms with van der Waals surface area (Å²) in [5, 5.41) is 10.9. The molecular weight excluding hydrogens is 312 g/mol. The summed E-state index contributed by atoms with van der Waals surface area (Å²) >= 11 is 0. The van der Waals surface area contributed by atoms with Crippen molar-refractivity contribution in [2.75, 3.05) is 0 Å². The number of benzene rings is 1. The van der Waals surface area contributed by atoms with Crippen LogP contribution in [0.2, 0.25) is 0 Å². The van der Waals surface area contributed by atoms with Crippen molar-refractivity contribution in [1.29, 1.82) is 0 Å². The lowest BCUT2D eigenvalue weighted by Gasteiger charge is -2.05. The van der Waals surface area contributed by atoms with E-state index in [1.54, 1.807) is 18.2 Å². The lowest BCUT2D eigenvalue weighted by molar-refractivity contribution is 0.459. The summed E-state index contributed by atoms with van der Waals surface area (Å²) in [4.78, 5) is 12.1. The Labute approximate surface area is 149 Å². The first kappa shape index (κ1) is 18.8. The Bertz CT molecular complexity index is 853. The SMILES string of the molecule is C=CCC/C(C)=C/CC/C(C)=C/Cc1c(O)c2ccccc2oc1=O. The highest BCUT2D eigenvalue weighted by molar-refractivity contribution is 5.83. The summed E-state index contributed by atoms with van der Waals surface area (Å²) in [6, 6.07) is 7.03. The van der Waals surface area contributed by atoms with Crippen molar-refractivity contribution in [1.82, 2.24) is 0 Å². The summed E-state index contributed by atoms with van der Waals surface area (Å²) in [6.45, 7) is 7.93. The molecule has 1 aromatic heterocycles. The third-order valence-electron chi connectivity index (χ3n) is 4.31. The number of rotatable bonds is 8. The molecule has 3 nitrogen and oxygen atoms in total. The molecule has 0 aliphatic heterocycles. The zero-order valence-corrected chi connectivity index (χ0v) is 15.0. The van der Waals surface area contributed by atoms with Crippen molar-refractivity contribution in [2.45, 2.75) is 46.0 Å². The Morgan fingerprint density at radius 1 is 1.12 bits per heavy atom. The van der Waals surface area contributed by atoms with Crippen LogP contribution in [0, 0.1) is 0 Å². The van der Waals surface area contributed by atoms with Gasteiger partial charge in [-0.15, -0.1) is 6.58 Å². The fourth-order valence-corrected chi connectivity index (χ4v) is 2.71. The van der Waals surface area contributed by atoms with Gasteiger partial charge in [-0.1, -0.05) is 41.5 Å². The fraction of sp³-hybridized carbons (Fsp3) is 0.318. The van der Waals surface area contributed by atoms with Crippen molar-refractivity contribution in [3.8, 4) is 5.75 Å². The van der Waals surface area contributed by atoms with Gasteiger partial charge in [0, 0.05) is 6.42 Å². The Kier molecular flexibility index (Phi) is 6.81. The van der Waals surface area contributed by atoms with Crippen LogP contribution in [0.1, 0.15) is 45.1 Å². The molecule has 0 atom stereocenters. The number of fused-ring (bicyclic) bond motifs is 1. The standard InChI is InChI=1S/C22H26O3/c1-4-5-9-16(2)10-8-11-17(3)14-15-19-21(23)18-12-6-7-13-20(18)25-22(19)24/h4,6-7,10,12-14,23H,1,5,8-9,11,15H2,2-3H3/b16-10+,17-14+. The molecule has 0 spiro atoms. The summed E-state index contributed by atoms with van der Waals surface area (Å²) in [5.41, 5.74) is 2.83. The number of hydrogen-bond acceptors (Lipinski definition) is 3. The molecule has 0 fully saturated rings. The van der Waals surface area contributed by atoms with Gasteiger partial charge in [-0.3, -0.25) is 0 Å². The molecule has 0 bridgehead atoms. The van der Waals surface area contributed by atoms with Crippen LogP contribution in [0.5, 0.6) is 5.75 Å². The lowest BCUT2D eigenvalue weighted by atomic mass is 10.0. The van der Waals surface area contributed by atoms with Crippen LogP contribution in [0.4, 0.5) is 0 Å². The molecule has 2 rings (SSSR count). The monoisotopic (exact) mass is 338 g/mol. The predicted molar refractivity (Wildman–Crippen MR) is 104 cm³/mol. The van der Waals surface area contributed by atoms with E-state index in [9.17, 15) is 9.90 Å². The Morgan fingerprint density at radius 2 is 1.80 bits per heavy atom. The first-order chi connectivity index (χ1) is 12.0. The molecule has 0 unspecified atom stereocenters. The Morgan fingerprint density at radius 3 is 2.56 bits per heavy atom. The highest BCUT2D eigenvalue weighted by Crippen LogP contribution is 2.26.